The number of rotatable bonds is 5. The van der Waals surface area contributed by atoms with Gasteiger partial charge in [-0.1, -0.05) is 34.1 Å². The highest BCUT2D eigenvalue weighted by molar-refractivity contribution is 9.10. The number of guanidine groups is 1. The van der Waals surface area contributed by atoms with Crippen LogP contribution in [0.2, 0.25) is 0 Å². The van der Waals surface area contributed by atoms with Gasteiger partial charge in [-0.05, 0) is 11.6 Å². The zero-order valence-corrected chi connectivity index (χ0v) is 15.0. The van der Waals surface area contributed by atoms with Crippen LogP contribution >= 0.6 is 15.9 Å². The van der Waals surface area contributed by atoms with E-state index in [4.69, 9.17) is 10.5 Å². The molecule has 0 bridgehead atoms. The Balaban J connectivity index is 1.78. The molecule has 1 aliphatic rings. The van der Waals surface area contributed by atoms with Crippen LogP contribution in [0.3, 0.4) is 0 Å². The van der Waals surface area contributed by atoms with Gasteiger partial charge in [-0.25, -0.2) is 0 Å². The SMILES string of the molecule is CN(Cc1ccccc1Br)C(=O)CCN=C(N)N1CCOCC1. The van der Waals surface area contributed by atoms with Gasteiger partial charge >= 0.3 is 0 Å². The van der Waals surface area contributed by atoms with Crippen molar-refractivity contribution >= 4 is 27.8 Å². The van der Waals surface area contributed by atoms with Crippen LogP contribution < -0.4 is 5.73 Å². The van der Waals surface area contributed by atoms with Crippen molar-refractivity contribution in [1.29, 1.82) is 0 Å². The summed E-state index contributed by atoms with van der Waals surface area (Å²) >= 11 is 3.50. The number of amides is 1. The number of halogens is 1. The average Bonchev–Trinajstić information content (AvgIpc) is 2.57. The molecule has 0 spiro atoms. The maximum atomic E-state index is 12.2. The molecule has 1 amide bonds. The molecule has 0 saturated carbocycles. The van der Waals surface area contributed by atoms with Crippen molar-refractivity contribution in [2.45, 2.75) is 13.0 Å². The Labute approximate surface area is 145 Å². The van der Waals surface area contributed by atoms with Gasteiger partial charge in [0.05, 0.1) is 19.8 Å². The Bertz CT molecular complexity index is 559. The highest BCUT2D eigenvalue weighted by Gasteiger charge is 2.13. The van der Waals surface area contributed by atoms with Crippen LogP contribution in [0.4, 0.5) is 0 Å². The highest BCUT2D eigenvalue weighted by Crippen LogP contribution is 2.17. The van der Waals surface area contributed by atoms with Gasteiger partial charge in [0.2, 0.25) is 5.91 Å². The molecule has 1 saturated heterocycles. The molecule has 0 radical (unpaired) electrons. The van der Waals surface area contributed by atoms with E-state index in [-0.39, 0.29) is 5.91 Å². The van der Waals surface area contributed by atoms with Crippen LogP contribution in [0.1, 0.15) is 12.0 Å². The van der Waals surface area contributed by atoms with E-state index in [0.29, 0.717) is 38.7 Å². The molecule has 7 heteroatoms. The van der Waals surface area contributed by atoms with Gasteiger partial charge in [0.1, 0.15) is 0 Å². The number of morpholine rings is 1. The molecule has 0 unspecified atom stereocenters. The molecule has 2 N–H and O–H groups in total. The summed E-state index contributed by atoms with van der Waals surface area (Å²) in [7, 11) is 1.80. The minimum Gasteiger partial charge on any atom is -0.378 e. The van der Waals surface area contributed by atoms with Crippen molar-refractivity contribution in [2.75, 3.05) is 39.9 Å². The zero-order valence-electron chi connectivity index (χ0n) is 13.4. The Morgan fingerprint density at radius 1 is 1.39 bits per heavy atom. The van der Waals surface area contributed by atoms with Crippen molar-refractivity contribution in [3.05, 3.63) is 34.3 Å². The summed E-state index contributed by atoms with van der Waals surface area (Å²) < 4.78 is 6.28. The summed E-state index contributed by atoms with van der Waals surface area (Å²) in [6.07, 6.45) is 0.353. The Hall–Kier alpha value is -1.60. The van der Waals surface area contributed by atoms with E-state index in [2.05, 4.69) is 20.9 Å². The second-order valence-corrected chi connectivity index (χ2v) is 6.28. The van der Waals surface area contributed by atoms with Gasteiger partial charge in [0.25, 0.3) is 0 Å². The van der Waals surface area contributed by atoms with Crippen molar-refractivity contribution in [3.63, 3.8) is 0 Å². The van der Waals surface area contributed by atoms with E-state index in [1.165, 1.54) is 0 Å². The smallest absolute Gasteiger partial charge is 0.224 e. The highest BCUT2D eigenvalue weighted by atomic mass is 79.9. The molecule has 126 valence electrons. The Kier molecular flexibility index (Phi) is 6.85. The third-order valence-corrected chi connectivity index (χ3v) is 4.50. The molecule has 1 aromatic rings. The van der Waals surface area contributed by atoms with E-state index < -0.39 is 0 Å². The summed E-state index contributed by atoms with van der Waals surface area (Å²) in [5, 5.41) is 0. The first-order valence-corrected chi connectivity index (χ1v) is 8.47. The molecule has 1 heterocycles. The fourth-order valence-electron chi connectivity index (χ4n) is 2.32. The predicted octanol–water partition coefficient (Wildman–Crippen LogP) is 1.44. The van der Waals surface area contributed by atoms with Crippen molar-refractivity contribution in [2.24, 2.45) is 10.7 Å². The third-order valence-electron chi connectivity index (χ3n) is 3.73. The van der Waals surface area contributed by atoms with Crippen molar-refractivity contribution in [1.82, 2.24) is 9.80 Å². The van der Waals surface area contributed by atoms with Crippen LogP contribution in [0.5, 0.6) is 0 Å². The van der Waals surface area contributed by atoms with Gasteiger partial charge in [-0.2, -0.15) is 0 Å². The molecular formula is C16H23BrN4O2. The van der Waals surface area contributed by atoms with Crippen LogP contribution in [0.25, 0.3) is 0 Å². The van der Waals surface area contributed by atoms with Crippen molar-refractivity contribution in [3.8, 4) is 0 Å². The minimum absolute atomic E-state index is 0.0549. The van der Waals surface area contributed by atoms with E-state index in [0.717, 1.165) is 23.1 Å². The largest absolute Gasteiger partial charge is 0.378 e. The molecule has 1 aromatic carbocycles. The van der Waals surface area contributed by atoms with Crippen LogP contribution in [-0.4, -0.2) is 61.6 Å². The first kappa shape index (κ1) is 17.7. The number of nitrogens with zero attached hydrogens (tertiary/aromatic N) is 3. The van der Waals surface area contributed by atoms with Gasteiger partial charge in [-0.3, -0.25) is 9.79 Å². The molecule has 0 atom stereocenters. The van der Waals surface area contributed by atoms with E-state index in [1.54, 1.807) is 11.9 Å². The number of hydrogen-bond donors (Lipinski definition) is 1. The maximum Gasteiger partial charge on any atom is 0.224 e. The number of aliphatic imine (C=N–C) groups is 1. The number of hydrogen-bond acceptors (Lipinski definition) is 3. The lowest BCUT2D eigenvalue weighted by molar-refractivity contribution is -0.130. The van der Waals surface area contributed by atoms with Crippen LogP contribution in [0, 0.1) is 0 Å². The standard InChI is InChI=1S/C16H23BrN4O2/c1-20(12-13-4-2-3-5-14(13)17)15(22)6-7-19-16(18)21-8-10-23-11-9-21/h2-5H,6-12H2,1H3,(H2,18,19). The fraction of sp³-hybridized carbons (Fsp3) is 0.500. The first-order chi connectivity index (χ1) is 11.1. The minimum atomic E-state index is 0.0549. The lowest BCUT2D eigenvalue weighted by Gasteiger charge is -2.27. The number of ether oxygens (including phenoxy) is 1. The molecule has 0 aromatic heterocycles. The fourth-order valence-corrected chi connectivity index (χ4v) is 2.73. The summed E-state index contributed by atoms with van der Waals surface area (Å²) in [6, 6.07) is 7.90. The zero-order chi connectivity index (χ0) is 16.7. The lowest BCUT2D eigenvalue weighted by Crippen LogP contribution is -2.45. The van der Waals surface area contributed by atoms with Gasteiger partial charge in [-0.15, -0.1) is 0 Å². The second-order valence-electron chi connectivity index (χ2n) is 5.43. The summed E-state index contributed by atoms with van der Waals surface area (Å²) in [5.74, 6) is 0.550. The molecule has 0 aliphatic carbocycles. The van der Waals surface area contributed by atoms with Crippen LogP contribution in [0.15, 0.2) is 33.7 Å². The third kappa shape index (κ3) is 5.51. The number of carbonyl (C=O) groups is 1. The predicted molar refractivity (Wildman–Crippen MR) is 94.1 cm³/mol. The summed E-state index contributed by atoms with van der Waals surface area (Å²) in [4.78, 5) is 20.2. The van der Waals surface area contributed by atoms with Gasteiger partial charge in [0, 0.05) is 37.6 Å². The summed E-state index contributed by atoms with van der Waals surface area (Å²) in [6.45, 7) is 3.83. The first-order valence-electron chi connectivity index (χ1n) is 7.68. The van der Waals surface area contributed by atoms with E-state index in [9.17, 15) is 4.79 Å². The number of benzene rings is 1. The number of nitrogens with two attached hydrogens (primary N) is 1. The normalized spacial score (nSPS) is 15.6. The molecule has 1 fully saturated rings. The Morgan fingerprint density at radius 2 is 2.09 bits per heavy atom. The lowest BCUT2D eigenvalue weighted by atomic mass is 10.2. The maximum absolute atomic E-state index is 12.2. The topological polar surface area (TPSA) is 71.2 Å². The molecule has 6 nitrogen and oxygen atoms in total. The molecular weight excluding hydrogens is 360 g/mol. The Morgan fingerprint density at radius 3 is 2.78 bits per heavy atom. The molecule has 23 heavy (non-hydrogen) atoms. The quantitative estimate of drug-likeness (QED) is 0.617. The van der Waals surface area contributed by atoms with Crippen LogP contribution in [-0.2, 0) is 16.1 Å². The second kappa shape index (κ2) is 8.88. The molecule has 2 rings (SSSR count). The van der Waals surface area contributed by atoms with E-state index >= 15 is 0 Å². The summed E-state index contributed by atoms with van der Waals surface area (Å²) in [5.41, 5.74) is 7.03. The monoisotopic (exact) mass is 382 g/mol. The van der Waals surface area contributed by atoms with Gasteiger partial charge < -0.3 is 20.3 Å². The van der Waals surface area contributed by atoms with Crippen molar-refractivity contribution < 1.29 is 9.53 Å². The van der Waals surface area contributed by atoms with Gasteiger partial charge in [0.15, 0.2) is 5.96 Å². The molecule has 1 aliphatic heterocycles. The number of carbonyl (C=O) groups excluding carboxylic acids is 1. The average molecular weight is 383 g/mol. The van der Waals surface area contributed by atoms with E-state index in [1.807, 2.05) is 29.2 Å².